The van der Waals surface area contributed by atoms with Crippen molar-refractivity contribution in [2.75, 3.05) is 20.8 Å². The highest BCUT2D eigenvalue weighted by Crippen LogP contribution is 2.42. The topological polar surface area (TPSA) is 18.5 Å². The predicted molar refractivity (Wildman–Crippen MR) is 111 cm³/mol. The van der Waals surface area contributed by atoms with Gasteiger partial charge in [0.1, 0.15) is 0 Å². The maximum Gasteiger partial charge on any atom is 0.0598 e. The van der Waals surface area contributed by atoms with Crippen molar-refractivity contribution >= 4 is 0 Å². The van der Waals surface area contributed by atoms with Gasteiger partial charge in [-0.25, -0.2) is 0 Å². The average molecular weight is 357 g/mol. The van der Waals surface area contributed by atoms with Crippen LogP contribution in [0, 0.1) is 5.41 Å². The van der Waals surface area contributed by atoms with Crippen LogP contribution in [0.25, 0.3) is 0 Å². The van der Waals surface area contributed by atoms with Crippen LogP contribution in [0.3, 0.4) is 0 Å². The Kier molecular flexibility index (Phi) is 17.3. The Morgan fingerprint density at radius 1 is 0.680 bits per heavy atom. The summed E-state index contributed by atoms with van der Waals surface area (Å²) in [4.78, 5) is 0. The van der Waals surface area contributed by atoms with Crippen molar-refractivity contribution in [3.63, 3.8) is 0 Å². The van der Waals surface area contributed by atoms with Crippen molar-refractivity contribution in [3.8, 4) is 0 Å². The van der Waals surface area contributed by atoms with E-state index in [4.69, 9.17) is 9.47 Å². The summed E-state index contributed by atoms with van der Waals surface area (Å²) in [5.74, 6) is 0. The standard InChI is InChI=1S/C23H48O2/c1-6-9-12-14-18-23(17-11-8-3,19-15-13-10-7-2)21-22(25-5)16-20-24-4/h22H,6-21H2,1-5H3. The molecular formula is C23H48O2. The monoisotopic (exact) mass is 356 g/mol. The third kappa shape index (κ3) is 12.8. The lowest BCUT2D eigenvalue weighted by Crippen LogP contribution is -2.29. The molecule has 0 fully saturated rings. The number of ether oxygens (including phenoxy) is 2. The smallest absolute Gasteiger partial charge is 0.0598 e. The summed E-state index contributed by atoms with van der Waals surface area (Å²) >= 11 is 0. The van der Waals surface area contributed by atoms with Crippen molar-refractivity contribution in [3.05, 3.63) is 0 Å². The predicted octanol–water partition coefficient (Wildman–Crippen LogP) is 7.55. The lowest BCUT2D eigenvalue weighted by Gasteiger charge is -2.37. The summed E-state index contributed by atoms with van der Waals surface area (Å²) in [6.07, 6.45) is 20.5. The van der Waals surface area contributed by atoms with Crippen LogP contribution >= 0.6 is 0 Å². The Bertz CT molecular complexity index is 253. The van der Waals surface area contributed by atoms with Crippen LogP contribution in [0.2, 0.25) is 0 Å². The zero-order valence-corrected chi connectivity index (χ0v) is 18.2. The Balaban J connectivity index is 4.90. The summed E-state index contributed by atoms with van der Waals surface area (Å²) in [6.45, 7) is 7.76. The molecule has 0 amide bonds. The zero-order chi connectivity index (χ0) is 18.8. The van der Waals surface area contributed by atoms with Crippen LogP contribution in [0.5, 0.6) is 0 Å². The molecule has 0 radical (unpaired) electrons. The van der Waals surface area contributed by atoms with E-state index in [2.05, 4.69) is 20.8 Å². The fourth-order valence-corrected chi connectivity index (χ4v) is 4.12. The minimum atomic E-state index is 0.356. The zero-order valence-electron chi connectivity index (χ0n) is 18.2. The van der Waals surface area contributed by atoms with Gasteiger partial charge in [-0.3, -0.25) is 0 Å². The summed E-state index contributed by atoms with van der Waals surface area (Å²) in [5, 5.41) is 0. The molecule has 0 aromatic rings. The van der Waals surface area contributed by atoms with Crippen molar-refractivity contribution in [2.45, 2.75) is 123 Å². The molecule has 1 atom stereocenters. The first kappa shape index (κ1) is 24.9. The first-order chi connectivity index (χ1) is 12.2. The Morgan fingerprint density at radius 3 is 1.64 bits per heavy atom. The largest absolute Gasteiger partial charge is 0.385 e. The number of unbranched alkanes of at least 4 members (excludes halogenated alkanes) is 7. The molecule has 0 aromatic carbocycles. The minimum Gasteiger partial charge on any atom is -0.385 e. The summed E-state index contributed by atoms with van der Waals surface area (Å²) in [6, 6.07) is 0. The maximum atomic E-state index is 5.86. The third-order valence-electron chi connectivity index (χ3n) is 5.82. The van der Waals surface area contributed by atoms with E-state index in [0.29, 0.717) is 11.5 Å². The molecule has 0 rings (SSSR count). The molecule has 0 heterocycles. The average Bonchev–Trinajstić information content (AvgIpc) is 2.64. The quantitative estimate of drug-likeness (QED) is 0.222. The first-order valence-corrected chi connectivity index (χ1v) is 11.2. The Morgan fingerprint density at radius 2 is 1.20 bits per heavy atom. The summed E-state index contributed by atoms with van der Waals surface area (Å²) in [7, 11) is 3.69. The molecular weight excluding hydrogens is 308 g/mol. The van der Waals surface area contributed by atoms with Gasteiger partial charge in [-0.2, -0.15) is 0 Å². The van der Waals surface area contributed by atoms with Gasteiger partial charge >= 0.3 is 0 Å². The SMILES string of the molecule is CCCCCCC(CCCC)(CCCCCC)CC(CCOC)OC. The molecule has 152 valence electrons. The molecule has 25 heavy (non-hydrogen) atoms. The fourth-order valence-electron chi connectivity index (χ4n) is 4.12. The van der Waals surface area contributed by atoms with Crippen LogP contribution in [-0.4, -0.2) is 26.9 Å². The lowest BCUT2D eigenvalue weighted by molar-refractivity contribution is 0.0158. The van der Waals surface area contributed by atoms with E-state index in [0.717, 1.165) is 13.0 Å². The fraction of sp³-hybridized carbons (Fsp3) is 1.00. The van der Waals surface area contributed by atoms with Crippen LogP contribution < -0.4 is 0 Å². The van der Waals surface area contributed by atoms with Gasteiger partial charge in [0.25, 0.3) is 0 Å². The minimum absolute atomic E-state index is 0.356. The number of hydrogen-bond acceptors (Lipinski definition) is 2. The van der Waals surface area contributed by atoms with Crippen molar-refractivity contribution < 1.29 is 9.47 Å². The third-order valence-corrected chi connectivity index (χ3v) is 5.82. The summed E-state index contributed by atoms with van der Waals surface area (Å²) in [5.41, 5.74) is 0.492. The van der Waals surface area contributed by atoms with Crippen LogP contribution in [-0.2, 0) is 9.47 Å². The molecule has 0 spiro atoms. The highest BCUT2D eigenvalue weighted by molar-refractivity contribution is 4.83. The van der Waals surface area contributed by atoms with E-state index in [1.807, 2.05) is 7.11 Å². The van der Waals surface area contributed by atoms with Gasteiger partial charge in [0.15, 0.2) is 0 Å². The van der Waals surface area contributed by atoms with Gasteiger partial charge < -0.3 is 9.47 Å². The van der Waals surface area contributed by atoms with Gasteiger partial charge in [0.2, 0.25) is 0 Å². The number of rotatable bonds is 19. The van der Waals surface area contributed by atoms with Crippen LogP contribution in [0.4, 0.5) is 0 Å². The molecule has 0 saturated heterocycles. The molecule has 2 nitrogen and oxygen atoms in total. The van der Waals surface area contributed by atoms with E-state index in [-0.39, 0.29) is 0 Å². The van der Waals surface area contributed by atoms with E-state index in [9.17, 15) is 0 Å². The van der Waals surface area contributed by atoms with Crippen molar-refractivity contribution in [2.24, 2.45) is 5.41 Å². The molecule has 1 unspecified atom stereocenters. The van der Waals surface area contributed by atoms with Crippen LogP contribution in [0.15, 0.2) is 0 Å². The lowest BCUT2D eigenvalue weighted by atomic mass is 9.70. The van der Waals surface area contributed by atoms with Gasteiger partial charge in [-0.1, -0.05) is 85.0 Å². The normalized spacial score (nSPS) is 13.3. The van der Waals surface area contributed by atoms with E-state index in [1.54, 1.807) is 7.11 Å². The van der Waals surface area contributed by atoms with E-state index < -0.39 is 0 Å². The number of methoxy groups -OCH3 is 2. The maximum absolute atomic E-state index is 5.86. The van der Waals surface area contributed by atoms with Gasteiger partial charge in [-0.15, -0.1) is 0 Å². The molecule has 0 bridgehead atoms. The molecule has 2 heteroatoms. The van der Waals surface area contributed by atoms with Crippen LogP contribution in [0.1, 0.15) is 117 Å². The molecule has 0 aliphatic carbocycles. The van der Waals surface area contributed by atoms with Gasteiger partial charge in [0, 0.05) is 20.8 Å². The van der Waals surface area contributed by atoms with E-state index in [1.165, 1.54) is 89.9 Å². The highest BCUT2D eigenvalue weighted by atomic mass is 16.5. The number of hydrogen-bond donors (Lipinski definition) is 0. The molecule has 0 saturated carbocycles. The Hall–Kier alpha value is -0.0800. The second-order valence-corrected chi connectivity index (χ2v) is 8.07. The van der Waals surface area contributed by atoms with Gasteiger partial charge in [0.05, 0.1) is 6.10 Å². The van der Waals surface area contributed by atoms with Crippen molar-refractivity contribution in [1.82, 2.24) is 0 Å². The second kappa shape index (κ2) is 17.3. The first-order valence-electron chi connectivity index (χ1n) is 11.2. The molecule has 0 aromatic heterocycles. The second-order valence-electron chi connectivity index (χ2n) is 8.07. The summed E-state index contributed by atoms with van der Waals surface area (Å²) < 4.78 is 11.2. The van der Waals surface area contributed by atoms with Crippen molar-refractivity contribution in [1.29, 1.82) is 0 Å². The van der Waals surface area contributed by atoms with Gasteiger partial charge in [-0.05, 0) is 37.5 Å². The highest BCUT2D eigenvalue weighted by Gasteiger charge is 2.31. The Labute approximate surface area is 159 Å². The molecule has 0 aliphatic rings. The molecule has 0 aliphatic heterocycles. The van der Waals surface area contributed by atoms with E-state index >= 15 is 0 Å². The molecule has 0 N–H and O–H groups in total.